The molecule has 0 fully saturated rings. The maximum absolute atomic E-state index is 10.8. The summed E-state index contributed by atoms with van der Waals surface area (Å²) in [7, 11) is 0. The molecule has 0 spiro atoms. The Morgan fingerprint density at radius 3 is 2.14 bits per heavy atom. The van der Waals surface area contributed by atoms with Gasteiger partial charge in [-0.15, -0.1) is 0 Å². The van der Waals surface area contributed by atoms with Gasteiger partial charge in [-0.2, -0.15) is 0 Å². The Morgan fingerprint density at radius 1 is 0.952 bits per heavy atom. The summed E-state index contributed by atoms with van der Waals surface area (Å²) in [6.07, 6.45) is 1.44. The normalized spacial score (nSPS) is 15.4. The van der Waals surface area contributed by atoms with E-state index in [1.807, 2.05) is 6.07 Å². The predicted molar refractivity (Wildman–Crippen MR) is 89.5 cm³/mol. The lowest BCUT2D eigenvalue weighted by Crippen LogP contribution is -2.26. The molecule has 3 unspecified atom stereocenters. The molecule has 0 aromatic heterocycles. The van der Waals surface area contributed by atoms with Crippen molar-refractivity contribution in [3.05, 3.63) is 71.3 Å². The predicted octanol–water partition coefficient (Wildman–Crippen LogP) is 4.73. The zero-order chi connectivity index (χ0) is 15.2. The van der Waals surface area contributed by atoms with Crippen LogP contribution >= 0.6 is 0 Å². The molecule has 1 nitrogen and oxygen atoms in total. The molecule has 0 radical (unpaired) electrons. The van der Waals surface area contributed by atoms with Crippen molar-refractivity contribution >= 4 is 0 Å². The van der Waals surface area contributed by atoms with Crippen LogP contribution in [0.3, 0.4) is 0 Å². The molecule has 0 bridgehead atoms. The average Bonchev–Trinajstić information content (AvgIpc) is 2.50. The molecule has 0 aliphatic heterocycles. The largest absolute Gasteiger partial charge is 0.392 e. The number of hydrogen-bond acceptors (Lipinski definition) is 1. The van der Waals surface area contributed by atoms with Gasteiger partial charge < -0.3 is 5.11 Å². The molecule has 0 aliphatic carbocycles. The monoisotopic (exact) mass is 282 g/mol. The Balaban J connectivity index is 2.18. The Bertz CT molecular complexity index is 530. The standard InChI is InChI=1S/C20H26O/c1-4-16(3)20(18-8-6-5-7-9-18)19(21)14-17-12-10-15(2)11-13-17/h5-13,16,19-21H,4,14H2,1-3H3. The van der Waals surface area contributed by atoms with Gasteiger partial charge in [0, 0.05) is 5.92 Å². The fourth-order valence-electron chi connectivity index (χ4n) is 2.95. The minimum absolute atomic E-state index is 0.192. The van der Waals surface area contributed by atoms with Gasteiger partial charge in [0.1, 0.15) is 0 Å². The Kier molecular flexibility index (Phi) is 5.58. The Labute approximate surface area is 128 Å². The number of aryl methyl sites for hydroxylation is 1. The molecular weight excluding hydrogens is 256 g/mol. The molecular formula is C20H26O. The number of hydrogen-bond donors (Lipinski definition) is 1. The SMILES string of the molecule is CCC(C)C(c1ccccc1)C(O)Cc1ccc(C)cc1. The number of aliphatic hydroxyl groups excluding tert-OH is 1. The fourth-order valence-corrected chi connectivity index (χ4v) is 2.95. The van der Waals surface area contributed by atoms with Crippen molar-refractivity contribution in [3.8, 4) is 0 Å². The van der Waals surface area contributed by atoms with E-state index >= 15 is 0 Å². The summed E-state index contributed by atoms with van der Waals surface area (Å²) in [5.41, 5.74) is 3.71. The molecule has 0 aliphatic rings. The zero-order valence-electron chi connectivity index (χ0n) is 13.3. The van der Waals surface area contributed by atoms with E-state index in [1.54, 1.807) is 0 Å². The smallest absolute Gasteiger partial charge is 0.0651 e. The van der Waals surface area contributed by atoms with Crippen LogP contribution in [0.25, 0.3) is 0 Å². The van der Waals surface area contributed by atoms with E-state index in [0.717, 1.165) is 6.42 Å². The summed E-state index contributed by atoms with van der Waals surface area (Å²) in [4.78, 5) is 0. The minimum Gasteiger partial charge on any atom is -0.392 e. The molecule has 2 aromatic rings. The van der Waals surface area contributed by atoms with Crippen molar-refractivity contribution in [2.45, 2.75) is 45.6 Å². The van der Waals surface area contributed by atoms with Gasteiger partial charge in [-0.3, -0.25) is 0 Å². The molecule has 2 rings (SSSR count). The Morgan fingerprint density at radius 2 is 1.57 bits per heavy atom. The summed E-state index contributed by atoms with van der Waals surface area (Å²) in [5, 5.41) is 10.8. The van der Waals surface area contributed by atoms with Gasteiger partial charge in [0.2, 0.25) is 0 Å². The van der Waals surface area contributed by atoms with Crippen molar-refractivity contribution in [1.82, 2.24) is 0 Å². The number of benzene rings is 2. The second-order valence-electron chi connectivity index (χ2n) is 6.08. The van der Waals surface area contributed by atoms with E-state index in [9.17, 15) is 5.11 Å². The highest BCUT2D eigenvalue weighted by atomic mass is 16.3. The van der Waals surface area contributed by atoms with Crippen LogP contribution in [0.2, 0.25) is 0 Å². The molecule has 21 heavy (non-hydrogen) atoms. The molecule has 3 atom stereocenters. The maximum Gasteiger partial charge on any atom is 0.0651 e. The van der Waals surface area contributed by atoms with Gasteiger partial charge in [0.05, 0.1) is 6.10 Å². The van der Waals surface area contributed by atoms with Gasteiger partial charge in [0.15, 0.2) is 0 Å². The zero-order valence-corrected chi connectivity index (χ0v) is 13.3. The summed E-state index contributed by atoms with van der Waals surface area (Å²) < 4.78 is 0. The number of rotatable bonds is 6. The van der Waals surface area contributed by atoms with Crippen molar-refractivity contribution in [1.29, 1.82) is 0 Å². The van der Waals surface area contributed by atoms with Gasteiger partial charge in [0.25, 0.3) is 0 Å². The van der Waals surface area contributed by atoms with Crippen LogP contribution < -0.4 is 0 Å². The van der Waals surface area contributed by atoms with Crippen molar-refractivity contribution < 1.29 is 5.11 Å². The van der Waals surface area contributed by atoms with Crippen LogP contribution in [0.5, 0.6) is 0 Å². The second-order valence-corrected chi connectivity index (χ2v) is 6.08. The highest BCUT2D eigenvalue weighted by Crippen LogP contribution is 2.31. The highest BCUT2D eigenvalue weighted by Gasteiger charge is 2.26. The van der Waals surface area contributed by atoms with E-state index in [4.69, 9.17) is 0 Å². The fraction of sp³-hybridized carbons (Fsp3) is 0.400. The van der Waals surface area contributed by atoms with Crippen LogP contribution in [0.15, 0.2) is 54.6 Å². The molecule has 1 N–H and O–H groups in total. The molecule has 1 heteroatoms. The molecule has 0 amide bonds. The average molecular weight is 282 g/mol. The van der Waals surface area contributed by atoms with Crippen molar-refractivity contribution in [2.75, 3.05) is 0 Å². The maximum atomic E-state index is 10.8. The third-order valence-corrected chi connectivity index (χ3v) is 4.42. The summed E-state index contributed by atoms with van der Waals surface area (Å²) in [6, 6.07) is 18.9. The third-order valence-electron chi connectivity index (χ3n) is 4.42. The molecule has 0 saturated heterocycles. The van der Waals surface area contributed by atoms with E-state index in [1.165, 1.54) is 16.7 Å². The van der Waals surface area contributed by atoms with E-state index in [2.05, 4.69) is 69.3 Å². The first-order valence-corrected chi connectivity index (χ1v) is 7.90. The van der Waals surface area contributed by atoms with Gasteiger partial charge in [-0.1, -0.05) is 80.4 Å². The minimum atomic E-state index is -0.343. The van der Waals surface area contributed by atoms with Crippen LogP contribution in [0.4, 0.5) is 0 Å². The molecule has 0 heterocycles. The first-order valence-electron chi connectivity index (χ1n) is 7.90. The lowest BCUT2D eigenvalue weighted by molar-refractivity contribution is 0.117. The molecule has 2 aromatic carbocycles. The van der Waals surface area contributed by atoms with Crippen LogP contribution in [-0.2, 0) is 6.42 Å². The topological polar surface area (TPSA) is 20.2 Å². The van der Waals surface area contributed by atoms with E-state index in [0.29, 0.717) is 12.3 Å². The lowest BCUT2D eigenvalue weighted by Gasteiger charge is -2.28. The van der Waals surface area contributed by atoms with Crippen molar-refractivity contribution in [3.63, 3.8) is 0 Å². The lowest BCUT2D eigenvalue weighted by atomic mass is 9.79. The van der Waals surface area contributed by atoms with Gasteiger partial charge >= 0.3 is 0 Å². The highest BCUT2D eigenvalue weighted by molar-refractivity contribution is 5.25. The van der Waals surface area contributed by atoms with Gasteiger partial charge in [-0.05, 0) is 30.4 Å². The van der Waals surface area contributed by atoms with Crippen LogP contribution in [0, 0.1) is 12.8 Å². The third kappa shape index (κ3) is 4.18. The van der Waals surface area contributed by atoms with Crippen molar-refractivity contribution in [2.24, 2.45) is 5.92 Å². The number of aliphatic hydroxyl groups is 1. The quantitative estimate of drug-likeness (QED) is 0.812. The second kappa shape index (κ2) is 7.42. The first-order chi connectivity index (χ1) is 10.1. The first kappa shape index (κ1) is 15.8. The molecule has 0 saturated carbocycles. The molecule has 112 valence electrons. The van der Waals surface area contributed by atoms with Crippen LogP contribution in [0.1, 0.15) is 42.9 Å². The summed E-state index contributed by atoms with van der Waals surface area (Å²) >= 11 is 0. The van der Waals surface area contributed by atoms with E-state index < -0.39 is 0 Å². The van der Waals surface area contributed by atoms with Crippen LogP contribution in [-0.4, -0.2) is 11.2 Å². The summed E-state index contributed by atoms with van der Waals surface area (Å²) in [6.45, 7) is 6.52. The Hall–Kier alpha value is -1.60. The van der Waals surface area contributed by atoms with Gasteiger partial charge in [-0.25, -0.2) is 0 Å². The summed E-state index contributed by atoms with van der Waals surface area (Å²) in [5.74, 6) is 0.658. The van der Waals surface area contributed by atoms with E-state index in [-0.39, 0.29) is 12.0 Å².